The minimum absolute atomic E-state index is 0.130. The molecule has 31 heavy (non-hydrogen) atoms. The van der Waals surface area contributed by atoms with Crippen LogP contribution in [0.4, 0.5) is 5.82 Å². The molecule has 1 aromatic heterocycles. The van der Waals surface area contributed by atoms with E-state index in [-0.39, 0.29) is 23.8 Å². The van der Waals surface area contributed by atoms with Crippen LogP contribution in [0.3, 0.4) is 0 Å². The first-order chi connectivity index (χ1) is 15.0. The molecule has 1 amide bonds. The Bertz CT molecular complexity index is 1180. The number of hydrogen-bond donors (Lipinski definition) is 1. The Morgan fingerprint density at radius 2 is 2.00 bits per heavy atom. The molecular formula is C23H22ClN3O3S. The fourth-order valence-electron chi connectivity index (χ4n) is 3.67. The van der Waals surface area contributed by atoms with Gasteiger partial charge in [0.05, 0.1) is 12.2 Å². The molecule has 0 unspecified atom stereocenters. The lowest BCUT2D eigenvalue weighted by atomic mass is 9.86. The maximum atomic E-state index is 13.1. The van der Waals surface area contributed by atoms with Gasteiger partial charge in [-0.05, 0) is 42.3 Å². The third kappa shape index (κ3) is 4.62. The van der Waals surface area contributed by atoms with Crippen molar-refractivity contribution < 1.29 is 9.53 Å². The number of nitrogens with one attached hydrogen (secondary N) is 1. The molecule has 0 spiro atoms. The lowest BCUT2D eigenvalue weighted by Crippen LogP contribution is -2.33. The van der Waals surface area contributed by atoms with E-state index in [9.17, 15) is 9.59 Å². The van der Waals surface area contributed by atoms with Crippen LogP contribution in [0.15, 0.2) is 58.5 Å². The molecule has 160 valence electrons. The molecule has 4 rings (SSSR count). The first-order valence-corrected chi connectivity index (χ1v) is 11.3. The maximum absolute atomic E-state index is 13.1. The van der Waals surface area contributed by atoms with E-state index in [1.54, 1.807) is 4.57 Å². The normalized spacial score (nSPS) is 15.3. The van der Waals surface area contributed by atoms with Crippen LogP contribution in [-0.4, -0.2) is 22.1 Å². The number of carbonyl (C=O) groups excluding carboxylic acids is 1. The number of halogens is 1. The fourth-order valence-corrected chi connectivity index (χ4v) is 4.71. The van der Waals surface area contributed by atoms with Crippen molar-refractivity contribution in [2.75, 3.05) is 11.9 Å². The van der Waals surface area contributed by atoms with Crippen LogP contribution >= 0.6 is 23.4 Å². The number of fused-ring (bicyclic) bond motifs is 1. The van der Waals surface area contributed by atoms with E-state index in [2.05, 4.69) is 10.3 Å². The number of amides is 1. The molecule has 1 N–H and O–H groups in total. The van der Waals surface area contributed by atoms with Gasteiger partial charge in [0.1, 0.15) is 11.6 Å². The van der Waals surface area contributed by atoms with Crippen molar-refractivity contribution in [2.45, 2.75) is 30.2 Å². The quantitative estimate of drug-likeness (QED) is 0.434. The van der Waals surface area contributed by atoms with Crippen molar-refractivity contribution in [3.8, 4) is 5.75 Å². The smallest absolute Gasteiger partial charge is 0.279 e. The van der Waals surface area contributed by atoms with E-state index in [0.717, 1.165) is 11.1 Å². The van der Waals surface area contributed by atoms with Crippen molar-refractivity contribution in [3.05, 3.63) is 80.6 Å². The summed E-state index contributed by atoms with van der Waals surface area (Å²) >= 11 is 7.38. The molecule has 1 aliphatic rings. The van der Waals surface area contributed by atoms with Gasteiger partial charge in [-0.2, -0.15) is 4.98 Å². The second kappa shape index (κ2) is 9.16. The van der Waals surface area contributed by atoms with Crippen LogP contribution in [0.25, 0.3) is 0 Å². The Hall–Kier alpha value is -2.77. The second-order valence-electron chi connectivity index (χ2n) is 7.25. The van der Waals surface area contributed by atoms with E-state index in [0.29, 0.717) is 39.7 Å². The molecule has 0 saturated heterocycles. The Morgan fingerprint density at radius 3 is 2.74 bits per heavy atom. The van der Waals surface area contributed by atoms with Crippen LogP contribution < -0.4 is 15.6 Å². The maximum Gasteiger partial charge on any atom is 0.279 e. The summed E-state index contributed by atoms with van der Waals surface area (Å²) < 4.78 is 7.38. The Kier molecular flexibility index (Phi) is 6.34. The van der Waals surface area contributed by atoms with Crippen molar-refractivity contribution in [1.29, 1.82) is 0 Å². The largest absolute Gasteiger partial charge is 0.494 e. The van der Waals surface area contributed by atoms with Gasteiger partial charge >= 0.3 is 0 Å². The van der Waals surface area contributed by atoms with Crippen molar-refractivity contribution in [2.24, 2.45) is 7.05 Å². The number of benzene rings is 2. The average Bonchev–Trinajstić information content (AvgIpc) is 2.76. The Labute approximate surface area is 189 Å². The number of thioether (sulfide) groups is 1. The predicted octanol–water partition coefficient (Wildman–Crippen LogP) is 4.60. The highest BCUT2D eigenvalue weighted by Gasteiger charge is 2.32. The summed E-state index contributed by atoms with van der Waals surface area (Å²) in [4.78, 5) is 29.9. The molecule has 2 aromatic carbocycles. The molecule has 0 radical (unpaired) electrons. The number of anilines is 1. The van der Waals surface area contributed by atoms with Gasteiger partial charge in [0.15, 0.2) is 5.16 Å². The molecule has 1 aliphatic heterocycles. The summed E-state index contributed by atoms with van der Waals surface area (Å²) in [6, 6.07) is 15.1. The highest BCUT2D eigenvalue weighted by atomic mass is 35.5. The van der Waals surface area contributed by atoms with Gasteiger partial charge in [0.25, 0.3) is 5.56 Å². The van der Waals surface area contributed by atoms with Gasteiger partial charge in [-0.1, -0.05) is 47.6 Å². The van der Waals surface area contributed by atoms with Crippen LogP contribution in [0.5, 0.6) is 5.75 Å². The summed E-state index contributed by atoms with van der Waals surface area (Å²) in [6.45, 7) is 2.46. The lowest BCUT2D eigenvalue weighted by molar-refractivity contribution is -0.116. The second-order valence-corrected chi connectivity index (χ2v) is 8.63. The molecule has 0 saturated carbocycles. The van der Waals surface area contributed by atoms with Gasteiger partial charge in [-0.3, -0.25) is 9.59 Å². The van der Waals surface area contributed by atoms with Crippen molar-refractivity contribution in [3.63, 3.8) is 0 Å². The van der Waals surface area contributed by atoms with Gasteiger partial charge in [0, 0.05) is 30.2 Å². The van der Waals surface area contributed by atoms with Crippen LogP contribution in [0, 0.1) is 0 Å². The topological polar surface area (TPSA) is 73.2 Å². The Balaban J connectivity index is 1.69. The standard InChI is InChI=1S/C23H22ClN3O3S/c1-3-30-17-6-4-5-15(11-17)18-12-19(28)25-21-20(18)22(29)26-23(27(21)2)31-13-14-7-9-16(24)10-8-14/h4-11,18H,3,12-13H2,1-2H3,(H,25,28)/t18-/m1/s1. The van der Waals surface area contributed by atoms with E-state index < -0.39 is 0 Å². The lowest BCUT2D eigenvalue weighted by Gasteiger charge is -2.27. The van der Waals surface area contributed by atoms with E-state index >= 15 is 0 Å². The number of ether oxygens (including phenoxy) is 1. The monoisotopic (exact) mass is 455 g/mol. The molecule has 8 heteroatoms. The van der Waals surface area contributed by atoms with E-state index in [4.69, 9.17) is 16.3 Å². The minimum atomic E-state index is -0.370. The van der Waals surface area contributed by atoms with Gasteiger partial charge in [-0.15, -0.1) is 0 Å². The summed E-state index contributed by atoms with van der Waals surface area (Å²) in [5.74, 6) is 1.35. The number of carbonyl (C=O) groups is 1. The summed E-state index contributed by atoms with van der Waals surface area (Å²) in [7, 11) is 1.81. The van der Waals surface area contributed by atoms with Crippen LogP contribution in [-0.2, 0) is 17.6 Å². The third-order valence-electron chi connectivity index (χ3n) is 5.15. The van der Waals surface area contributed by atoms with Crippen molar-refractivity contribution >= 4 is 35.1 Å². The van der Waals surface area contributed by atoms with E-state index in [1.165, 1.54) is 11.8 Å². The third-order valence-corrected chi connectivity index (χ3v) is 6.51. The van der Waals surface area contributed by atoms with Crippen LogP contribution in [0.2, 0.25) is 5.02 Å². The number of rotatable bonds is 6. The molecule has 6 nitrogen and oxygen atoms in total. The molecule has 2 heterocycles. The fraction of sp³-hybridized carbons (Fsp3) is 0.261. The summed E-state index contributed by atoms with van der Waals surface area (Å²) in [5.41, 5.74) is 2.11. The molecule has 0 bridgehead atoms. The molecule has 3 aromatic rings. The van der Waals surface area contributed by atoms with Gasteiger partial charge < -0.3 is 14.6 Å². The molecule has 0 aliphatic carbocycles. The first kappa shape index (κ1) is 21.5. The molecular weight excluding hydrogens is 434 g/mol. The zero-order valence-electron chi connectivity index (χ0n) is 17.2. The first-order valence-electron chi connectivity index (χ1n) is 9.97. The van der Waals surface area contributed by atoms with Crippen molar-refractivity contribution in [1.82, 2.24) is 9.55 Å². The zero-order valence-corrected chi connectivity index (χ0v) is 18.8. The average molecular weight is 456 g/mol. The summed E-state index contributed by atoms with van der Waals surface area (Å²) in [6.07, 6.45) is 0.191. The predicted molar refractivity (Wildman–Crippen MR) is 123 cm³/mol. The highest BCUT2D eigenvalue weighted by Crippen LogP contribution is 2.37. The number of nitrogens with zero attached hydrogens (tertiary/aromatic N) is 2. The van der Waals surface area contributed by atoms with Gasteiger partial charge in [0.2, 0.25) is 5.91 Å². The molecule has 1 atom stereocenters. The van der Waals surface area contributed by atoms with E-state index in [1.807, 2.05) is 62.5 Å². The van der Waals surface area contributed by atoms with Crippen LogP contribution in [0.1, 0.15) is 36.0 Å². The zero-order chi connectivity index (χ0) is 22.0. The number of aromatic nitrogens is 2. The highest BCUT2D eigenvalue weighted by molar-refractivity contribution is 7.98. The van der Waals surface area contributed by atoms with Gasteiger partial charge in [-0.25, -0.2) is 0 Å². The minimum Gasteiger partial charge on any atom is -0.494 e. The summed E-state index contributed by atoms with van der Waals surface area (Å²) in [5, 5.41) is 4.10. The SMILES string of the molecule is CCOc1cccc([C@H]2CC(=O)Nc3c2c(=O)nc(SCc2ccc(Cl)cc2)n3C)c1. The Morgan fingerprint density at radius 1 is 1.23 bits per heavy atom. The number of hydrogen-bond acceptors (Lipinski definition) is 5. The molecule has 0 fully saturated rings.